The van der Waals surface area contributed by atoms with Crippen molar-refractivity contribution in [3.05, 3.63) is 33.0 Å². The maximum Gasteiger partial charge on any atom is 0.304 e. The van der Waals surface area contributed by atoms with Crippen LogP contribution in [0.4, 0.5) is 5.95 Å². The van der Waals surface area contributed by atoms with E-state index in [-0.39, 0.29) is 4.87 Å². The van der Waals surface area contributed by atoms with Crippen LogP contribution >= 0.6 is 11.3 Å². The molecule has 96 valence electrons. The molecular formula is C11H14N4O2S. The van der Waals surface area contributed by atoms with Gasteiger partial charge in [0, 0.05) is 23.3 Å². The van der Waals surface area contributed by atoms with Crippen molar-refractivity contribution in [1.29, 1.82) is 0 Å². The summed E-state index contributed by atoms with van der Waals surface area (Å²) in [6.07, 6.45) is 2.57. The third-order valence-corrected chi connectivity index (χ3v) is 2.81. The summed E-state index contributed by atoms with van der Waals surface area (Å²) in [5.74, 6) is 1.03. The minimum absolute atomic E-state index is 0.0623. The van der Waals surface area contributed by atoms with Gasteiger partial charge in [-0.25, -0.2) is 4.98 Å². The Labute approximate surface area is 108 Å². The lowest BCUT2D eigenvalue weighted by molar-refractivity contribution is 0.305. The van der Waals surface area contributed by atoms with Crippen molar-refractivity contribution < 1.29 is 4.74 Å². The summed E-state index contributed by atoms with van der Waals surface area (Å²) in [6, 6.07) is 1.72. The van der Waals surface area contributed by atoms with E-state index in [4.69, 9.17) is 4.74 Å². The lowest BCUT2D eigenvalue weighted by Gasteiger charge is -2.06. The molecule has 0 radical (unpaired) electrons. The number of aromatic amines is 1. The summed E-state index contributed by atoms with van der Waals surface area (Å²) in [4.78, 5) is 21.9. The number of aromatic nitrogens is 3. The molecule has 0 spiro atoms. The molecular weight excluding hydrogens is 252 g/mol. The van der Waals surface area contributed by atoms with Crippen LogP contribution in [0, 0.1) is 0 Å². The number of hydrogen-bond acceptors (Lipinski definition) is 6. The predicted octanol–water partition coefficient (Wildman–Crippen LogP) is 1.63. The van der Waals surface area contributed by atoms with Crippen molar-refractivity contribution in [2.45, 2.75) is 19.9 Å². The number of rotatable bonds is 6. The van der Waals surface area contributed by atoms with Gasteiger partial charge in [0.1, 0.15) is 0 Å². The van der Waals surface area contributed by atoms with E-state index in [2.05, 4.69) is 20.3 Å². The Morgan fingerprint density at radius 2 is 2.44 bits per heavy atom. The minimum Gasteiger partial charge on any atom is -0.478 e. The van der Waals surface area contributed by atoms with E-state index < -0.39 is 0 Å². The van der Waals surface area contributed by atoms with Gasteiger partial charge < -0.3 is 15.0 Å². The molecule has 0 aliphatic carbocycles. The van der Waals surface area contributed by atoms with Crippen LogP contribution in [0.3, 0.4) is 0 Å². The lowest BCUT2D eigenvalue weighted by atomic mass is 10.5. The van der Waals surface area contributed by atoms with Gasteiger partial charge in [-0.1, -0.05) is 18.3 Å². The monoisotopic (exact) mass is 266 g/mol. The van der Waals surface area contributed by atoms with E-state index in [0.29, 0.717) is 25.0 Å². The van der Waals surface area contributed by atoms with Crippen molar-refractivity contribution in [2.24, 2.45) is 0 Å². The maximum absolute atomic E-state index is 11.0. The summed E-state index contributed by atoms with van der Waals surface area (Å²) >= 11 is 1.14. The summed E-state index contributed by atoms with van der Waals surface area (Å²) in [6.45, 7) is 3.15. The number of nitrogens with one attached hydrogen (secondary N) is 2. The van der Waals surface area contributed by atoms with Gasteiger partial charge in [0.25, 0.3) is 0 Å². The third-order valence-electron chi connectivity index (χ3n) is 2.09. The molecule has 0 fully saturated rings. The van der Waals surface area contributed by atoms with E-state index in [0.717, 1.165) is 23.5 Å². The number of ether oxygens (including phenoxy) is 1. The van der Waals surface area contributed by atoms with Gasteiger partial charge >= 0.3 is 4.87 Å². The molecule has 0 saturated heterocycles. The first-order chi connectivity index (χ1) is 8.78. The van der Waals surface area contributed by atoms with Gasteiger partial charge in [-0.05, 0) is 6.42 Å². The highest BCUT2D eigenvalue weighted by Crippen LogP contribution is 2.09. The van der Waals surface area contributed by atoms with Crippen molar-refractivity contribution in [3.63, 3.8) is 0 Å². The Balaban J connectivity index is 1.94. The Kier molecular flexibility index (Phi) is 4.30. The quantitative estimate of drug-likeness (QED) is 0.830. The molecule has 2 aromatic rings. The topological polar surface area (TPSA) is 79.9 Å². The number of thiazole rings is 1. The Morgan fingerprint density at radius 1 is 1.56 bits per heavy atom. The van der Waals surface area contributed by atoms with Crippen molar-refractivity contribution in [1.82, 2.24) is 15.0 Å². The number of hydrogen-bond donors (Lipinski definition) is 2. The van der Waals surface area contributed by atoms with Gasteiger partial charge in [-0.2, -0.15) is 4.98 Å². The van der Waals surface area contributed by atoms with Crippen molar-refractivity contribution in [3.8, 4) is 5.88 Å². The van der Waals surface area contributed by atoms with Crippen molar-refractivity contribution >= 4 is 17.3 Å². The first-order valence-corrected chi connectivity index (χ1v) is 6.52. The Hall–Kier alpha value is -1.89. The van der Waals surface area contributed by atoms with Crippen LogP contribution in [0.15, 0.2) is 22.4 Å². The molecule has 2 heterocycles. The standard InChI is InChI=1S/C11H14N4O2S/c1-2-5-17-9-3-4-12-10(15-9)13-6-8-7-18-11(16)14-8/h3-4,7H,2,5-6H2,1H3,(H,14,16)(H,12,13,15). The maximum atomic E-state index is 11.0. The fraction of sp³-hybridized carbons (Fsp3) is 0.364. The zero-order chi connectivity index (χ0) is 12.8. The minimum atomic E-state index is -0.0623. The Bertz CT molecular complexity index is 552. The lowest BCUT2D eigenvalue weighted by Crippen LogP contribution is -2.06. The molecule has 0 atom stereocenters. The summed E-state index contributed by atoms with van der Waals surface area (Å²) in [5, 5.41) is 4.80. The molecule has 2 aromatic heterocycles. The zero-order valence-electron chi connectivity index (χ0n) is 9.97. The fourth-order valence-corrected chi connectivity index (χ4v) is 1.87. The van der Waals surface area contributed by atoms with Crippen LogP contribution in [0.25, 0.3) is 0 Å². The van der Waals surface area contributed by atoms with E-state index >= 15 is 0 Å². The second-order valence-electron chi connectivity index (χ2n) is 3.59. The number of nitrogens with zero attached hydrogens (tertiary/aromatic N) is 2. The molecule has 6 nitrogen and oxygen atoms in total. The molecule has 2 rings (SSSR count). The van der Waals surface area contributed by atoms with E-state index in [9.17, 15) is 4.79 Å². The van der Waals surface area contributed by atoms with Crippen LogP contribution in [0.5, 0.6) is 5.88 Å². The number of anilines is 1. The molecule has 0 aliphatic heterocycles. The molecule has 0 bridgehead atoms. The second-order valence-corrected chi connectivity index (χ2v) is 4.44. The predicted molar refractivity (Wildman–Crippen MR) is 70.1 cm³/mol. The fourth-order valence-electron chi connectivity index (χ4n) is 1.29. The summed E-state index contributed by atoms with van der Waals surface area (Å²) < 4.78 is 5.41. The second kappa shape index (κ2) is 6.15. The normalized spacial score (nSPS) is 10.3. The SMILES string of the molecule is CCCOc1ccnc(NCc2csc(=O)[nH]2)n1. The highest BCUT2D eigenvalue weighted by Gasteiger charge is 2.01. The van der Waals surface area contributed by atoms with Gasteiger partial charge in [0.05, 0.1) is 13.2 Å². The molecule has 0 saturated carbocycles. The first kappa shape index (κ1) is 12.6. The highest BCUT2D eigenvalue weighted by atomic mass is 32.1. The Morgan fingerprint density at radius 3 is 3.17 bits per heavy atom. The van der Waals surface area contributed by atoms with Crippen LogP contribution in [0.1, 0.15) is 19.0 Å². The average molecular weight is 266 g/mol. The van der Waals surface area contributed by atoms with E-state index in [1.165, 1.54) is 0 Å². The smallest absolute Gasteiger partial charge is 0.304 e. The first-order valence-electron chi connectivity index (χ1n) is 5.64. The third kappa shape index (κ3) is 3.56. The van der Waals surface area contributed by atoms with E-state index in [1.807, 2.05) is 6.92 Å². The molecule has 0 unspecified atom stereocenters. The zero-order valence-corrected chi connectivity index (χ0v) is 10.8. The molecule has 0 aliphatic rings. The van der Waals surface area contributed by atoms with Gasteiger partial charge in [0.2, 0.25) is 11.8 Å². The van der Waals surface area contributed by atoms with Crippen LogP contribution in [0.2, 0.25) is 0 Å². The molecule has 2 N–H and O–H groups in total. The molecule has 0 aromatic carbocycles. The van der Waals surface area contributed by atoms with Crippen molar-refractivity contribution in [2.75, 3.05) is 11.9 Å². The van der Waals surface area contributed by atoms with Crippen LogP contribution in [-0.4, -0.2) is 21.6 Å². The molecule has 7 heteroatoms. The summed E-state index contributed by atoms with van der Waals surface area (Å²) in [5.41, 5.74) is 0.813. The average Bonchev–Trinajstić information content (AvgIpc) is 2.80. The summed E-state index contributed by atoms with van der Waals surface area (Å²) in [7, 11) is 0. The van der Waals surface area contributed by atoms with Gasteiger partial charge in [0.15, 0.2) is 0 Å². The van der Waals surface area contributed by atoms with E-state index in [1.54, 1.807) is 17.6 Å². The van der Waals surface area contributed by atoms with Crippen LogP contribution < -0.4 is 14.9 Å². The highest BCUT2D eigenvalue weighted by molar-refractivity contribution is 7.07. The van der Waals surface area contributed by atoms with Crippen LogP contribution in [-0.2, 0) is 6.54 Å². The van der Waals surface area contributed by atoms with Gasteiger partial charge in [-0.15, -0.1) is 0 Å². The number of H-pyrrole nitrogens is 1. The molecule has 18 heavy (non-hydrogen) atoms. The largest absolute Gasteiger partial charge is 0.478 e. The van der Waals surface area contributed by atoms with Gasteiger partial charge in [-0.3, -0.25) is 4.79 Å². The molecule has 0 amide bonds.